The fourth-order valence-corrected chi connectivity index (χ4v) is 0.937. The summed E-state index contributed by atoms with van der Waals surface area (Å²) >= 11 is 0. The third-order valence-electron chi connectivity index (χ3n) is 1.67. The van der Waals surface area contributed by atoms with Crippen LogP contribution in [0, 0.1) is 11.6 Å². The van der Waals surface area contributed by atoms with Gasteiger partial charge in [0.2, 0.25) is 5.82 Å². The summed E-state index contributed by atoms with van der Waals surface area (Å²) in [7, 11) is 0. The highest BCUT2D eigenvalue weighted by Crippen LogP contribution is 2.27. The maximum Gasteiger partial charge on any atom is 0.200 e. The second kappa shape index (κ2) is 5.07. The van der Waals surface area contributed by atoms with E-state index in [4.69, 9.17) is 10.8 Å². The second-order valence-electron chi connectivity index (χ2n) is 2.56. The lowest BCUT2D eigenvalue weighted by Crippen LogP contribution is -2.13. The van der Waals surface area contributed by atoms with Gasteiger partial charge in [0.25, 0.3) is 0 Å². The van der Waals surface area contributed by atoms with Crippen molar-refractivity contribution in [3.63, 3.8) is 0 Å². The molecule has 80 valence electrons. The van der Waals surface area contributed by atoms with Crippen molar-refractivity contribution in [2.75, 3.05) is 6.67 Å². The van der Waals surface area contributed by atoms with Gasteiger partial charge in [0.15, 0.2) is 11.6 Å². The van der Waals surface area contributed by atoms with E-state index in [-0.39, 0.29) is 18.0 Å². The summed E-state index contributed by atoms with van der Waals surface area (Å²) < 4.78 is 37.2. The summed E-state index contributed by atoms with van der Waals surface area (Å²) in [5.41, 5.74) is 5.05. The Morgan fingerprint density at radius 2 is 1.93 bits per heavy atom. The molecule has 0 spiro atoms. The van der Waals surface area contributed by atoms with E-state index in [0.29, 0.717) is 0 Å². The molecular weight excluding hydrogens is 219 g/mol. The quantitative estimate of drug-likeness (QED) is 0.813. The molecule has 3 N–H and O–H groups in total. The number of phenolic OH excluding ortho intramolecular Hbond substituents is 1. The predicted octanol–water partition coefficient (Wildman–Crippen LogP) is 2.06. The minimum atomic E-state index is -1.40. The van der Waals surface area contributed by atoms with Gasteiger partial charge in [0.1, 0.15) is 6.67 Å². The van der Waals surface area contributed by atoms with Gasteiger partial charge in [-0.25, -0.2) is 8.78 Å². The summed E-state index contributed by atoms with van der Waals surface area (Å²) in [6.07, 6.45) is 0. The molecule has 0 radical (unpaired) electrons. The molecule has 2 nitrogen and oxygen atoms in total. The Morgan fingerprint density at radius 3 is 2.43 bits per heavy atom. The van der Waals surface area contributed by atoms with E-state index >= 15 is 0 Å². The van der Waals surface area contributed by atoms with E-state index in [1.807, 2.05) is 0 Å². The number of nitrogens with two attached hydrogens (primary N) is 1. The lowest BCUT2D eigenvalue weighted by molar-refractivity contribution is 0.381. The van der Waals surface area contributed by atoms with Gasteiger partial charge in [-0.2, -0.15) is 4.39 Å². The van der Waals surface area contributed by atoms with E-state index in [1.165, 1.54) is 0 Å². The first-order valence-corrected chi connectivity index (χ1v) is 3.56. The summed E-state index contributed by atoms with van der Waals surface area (Å²) in [5, 5.41) is 9.02. The van der Waals surface area contributed by atoms with Crippen LogP contribution in [0.25, 0.3) is 0 Å². The zero-order valence-electron chi connectivity index (χ0n) is 7.01. The maximum atomic E-state index is 12.7. The highest BCUT2D eigenvalue weighted by Gasteiger charge is 2.16. The molecule has 0 heterocycles. The third-order valence-corrected chi connectivity index (χ3v) is 1.67. The number of alkyl halides is 1. The Kier molecular flexibility index (Phi) is 4.73. The standard InChI is InChI=1S/C8H8F3NO.ClH/c9-3-6(12)4-1-2-5(10)7(11)8(4)13;/h1-2,6,13H,3,12H2;1H/t6-;/m0./s1. The lowest BCUT2D eigenvalue weighted by Gasteiger charge is -2.09. The zero-order chi connectivity index (χ0) is 10.0. The average molecular weight is 228 g/mol. The highest BCUT2D eigenvalue weighted by atomic mass is 35.5. The van der Waals surface area contributed by atoms with Crippen LogP contribution < -0.4 is 5.73 Å². The fourth-order valence-electron chi connectivity index (χ4n) is 0.937. The SMILES string of the molecule is Cl.N[C@@H](CF)c1ccc(F)c(F)c1O. The van der Waals surface area contributed by atoms with Gasteiger partial charge in [0, 0.05) is 5.56 Å². The number of hydrogen-bond donors (Lipinski definition) is 2. The van der Waals surface area contributed by atoms with Crippen molar-refractivity contribution in [1.29, 1.82) is 0 Å². The van der Waals surface area contributed by atoms with Gasteiger partial charge in [0.05, 0.1) is 6.04 Å². The molecule has 0 aliphatic carbocycles. The molecule has 0 bridgehead atoms. The van der Waals surface area contributed by atoms with E-state index < -0.39 is 30.1 Å². The summed E-state index contributed by atoms with van der Waals surface area (Å²) in [5.74, 6) is -3.51. The predicted molar refractivity (Wildman–Crippen MR) is 48.2 cm³/mol. The van der Waals surface area contributed by atoms with Crippen molar-refractivity contribution >= 4 is 12.4 Å². The molecule has 0 aliphatic heterocycles. The van der Waals surface area contributed by atoms with Crippen LogP contribution in [0.4, 0.5) is 13.2 Å². The van der Waals surface area contributed by atoms with Crippen molar-refractivity contribution in [3.8, 4) is 5.75 Å². The van der Waals surface area contributed by atoms with Crippen LogP contribution in [0.5, 0.6) is 5.75 Å². The molecule has 0 fully saturated rings. The van der Waals surface area contributed by atoms with Gasteiger partial charge in [-0.15, -0.1) is 12.4 Å². The van der Waals surface area contributed by atoms with Crippen LogP contribution in [-0.4, -0.2) is 11.8 Å². The monoisotopic (exact) mass is 227 g/mol. The average Bonchev–Trinajstić information content (AvgIpc) is 2.13. The molecular formula is C8H9ClF3NO. The van der Waals surface area contributed by atoms with Crippen molar-refractivity contribution < 1.29 is 18.3 Å². The molecule has 0 amide bonds. The smallest absolute Gasteiger partial charge is 0.200 e. The van der Waals surface area contributed by atoms with E-state index in [2.05, 4.69) is 0 Å². The molecule has 0 saturated carbocycles. The summed E-state index contributed by atoms with van der Waals surface area (Å²) in [6.45, 7) is -0.946. The van der Waals surface area contributed by atoms with E-state index in [1.54, 1.807) is 0 Å². The normalized spacial score (nSPS) is 12.0. The molecule has 14 heavy (non-hydrogen) atoms. The fraction of sp³-hybridized carbons (Fsp3) is 0.250. The number of hydrogen-bond acceptors (Lipinski definition) is 2. The lowest BCUT2D eigenvalue weighted by atomic mass is 10.1. The van der Waals surface area contributed by atoms with Crippen molar-refractivity contribution in [3.05, 3.63) is 29.3 Å². The first-order valence-electron chi connectivity index (χ1n) is 3.56. The molecule has 0 aromatic heterocycles. The first-order chi connectivity index (χ1) is 6.07. The minimum absolute atomic E-state index is 0. The topological polar surface area (TPSA) is 46.2 Å². The molecule has 0 saturated heterocycles. The Labute approximate surface area is 84.9 Å². The Hall–Kier alpha value is -0.940. The van der Waals surface area contributed by atoms with Crippen LogP contribution in [0.1, 0.15) is 11.6 Å². The van der Waals surface area contributed by atoms with Gasteiger partial charge >= 0.3 is 0 Å². The third kappa shape index (κ3) is 2.30. The van der Waals surface area contributed by atoms with Gasteiger partial charge in [-0.3, -0.25) is 0 Å². The Balaban J connectivity index is 0.00000169. The van der Waals surface area contributed by atoms with Crippen molar-refractivity contribution in [2.45, 2.75) is 6.04 Å². The number of halogens is 4. The molecule has 0 aliphatic rings. The van der Waals surface area contributed by atoms with E-state index in [9.17, 15) is 13.2 Å². The zero-order valence-corrected chi connectivity index (χ0v) is 7.82. The van der Waals surface area contributed by atoms with Crippen molar-refractivity contribution in [1.82, 2.24) is 0 Å². The first kappa shape index (κ1) is 13.1. The largest absolute Gasteiger partial charge is 0.505 e. The molecule has 1 aromatic carbocycles. The van der Waals surface area contributed by atoms with Crippen LogP contribution >= 0.6 is 12.4 Å². The number of phenols is 1. The summed E-state index contributed by atoms with van der Waals surface area (Å²) in [6, 6.07) is 0.716. The minimum Gasteiger partial charge on any atom is -0.505 e. The molecule has 1 atom stereocenters. The summed E-state index contributed by atoms with van der Waals surface area (Å²) in [4.78, 5) is 0. The van der Waals surface area contributed by atoms with Crippen molar-refractivity contribution in [2.24, 2.45) is 5.73 Å². The highest BCUT2D eigenvalue weighted by molar-refractivity contribution is 5.85. The Bertz CT molecular complexity index is 322. The van der Waals surface area contributed by atoms with Gasteiger partial charge in [-0.1, -0.05) is 6.07 Å². The van der Waals surface area contributed by atoms with Crippen LogP contribution in [-0.2, 0) is 0 Å². The maximum absolute atomic E-state index is 12.7. The molecule has 1 rings (SSSR count). The van der Waals surface area contributed by atoms with Crippen LogP contribution in [0.3, 0.4) is 0 Å². The number of aromatic hydroxyl groups is 1. The van der Waals surface area contributed by atoms with Crippen LogP contribution in [0.15, 0.2) is 12.1 Å². The van der Waals surface area contributed by atoms with E-state index in [0.717, 1.165) is 12.1 Å². The molecule has 6 heteroatoms. The van der Waals surface area contributed by atoms with Crippen LogP contribution in [0.2, 0.25) is 0 Å². The van der Waals surface area contributed by atoms with Gasteiger partial charge < -0.3 is 10.8 Å². The second-order valence-corrected chi connectivity index (χ2v) is 2.56. The number of rotatable bonds is 2. The van der Waals surface area contributed by atoms with Gasteiger partial charge in [-0.05, 0) is 6.07 Å². The Morgan fingerprint density at radius 1 is 1.36 bits per heavy atom. The number of benzene rings is 1. The molecule has 0 unspecified atom stereocenters. The molecule has 1 aromatic rings.